The molecule has 0 aromatic rings. The van der Waals surface area contributed by atoms with Gasteiger partial charge in [0.2, 0.25) is 0 Å². The molecule has 0 radical (unpaired) electrons. The fourth-order valence-electron chi connectivity index (χ4n) is 0.980. The van der Waals surface area contributed by atoms with E-state index < -0.39 is 6.17 Å². The molecule has 0 bridgehead atoms. The molecule has 0 amide bonds. The normalized spacial score (nSPS) is 17.9. The van der Waals surface area contributed by atoms with E-state index in [0.717, 1.165) is 11.4 Å². The third kappa shape index (κ3) is 2.46. The van der Waals surface area contributed by atoms with Gasteiger partial charge in [-0.25, -0.2) is 4.39 Å². The predicted molar refractivity (Wildman–Crippen MR) is 47.9 cm³/mol. The van der Waals surface area contributed by atoms with Crippen molar-refractivity contribution in [2.45, 2.75) is 13.1 Å². The molecule has 0 aromatic carbocycles. The summed E-state index contributed by atoms with van der Waals surface area (Å²) in [7, 11) is 1.61. The van der Waals surface area contributed by atoms with E-state index >= 15 is 0 Å². The average Bonchev–Trinajstić information content (AvgIpc) is 2.05. The van der Waals surface area contributed by atoms with Crippen molar-refractivity contribution in [3.63, 3.8) is 0 Å². The van der Waals surface area contributed by atoms with Gasteiger partial charge in [-0.05, 0) is 30.7 Å². The lowest BCUT2D eigenvalue weighted by atomic mass is 10.1. The highest BCUT2D eigenvalue weighted by Gasteiger charge is 2.05. The minimum Gasteiger partial charge on any atom is -0.258 e. The Hall–Kier alpha value is -1.18. The molecule has 2 heteroatoms. The van der Waals surface area contributed by atoms with Crippen LogP contribution < -0.4 is 0 Å². The molecule has 1 atom stereocenters. The molecule has 0 aliphatic heterocycles. The lowest BCUT2D eigenvalue weighted by Gasteiger charge is -1.97. The zero-order valence-electron chi connectivity index (χ0n) is 7.25. The summed E-state index contributed by atoms with van der Waals surface area (Å²) in [5.41, 5.74) is 0.880. The van der Waals surface area contributed by atoms with Crippen LogP contribution >= 0.6 is 0 Å². The van der Waals surface area contributed by atoms with Crippen LogP contribution in [-0.2, 0) is 4.42 Å². The van der Waals surface area contributed by atoms with Crippen LogP contribution in [-0.4, -0.2) is 19.1 Å². The van der Waals surface area contributed by atoms with E-state index in [1.165, 1.54) is 6.92 Å². The predicted octanol–water partition coefficient (Wildman–Crippen LogP) is 2.13. The van der Waals surface area contributed by atoms with Crippen LogP contribution in [0.5, 0.6) is 0 Å². The van der Waals surface area contributed by atoms with Crippen molar-refractivity contribution in [1.29, 1.82) is 0 Å². The third-order valence-corrected chi connectivity index (χ3v) is 1.54. The Kier molecular flexibility index (Phi) is 2.97. The summed E-state index contributed by atoms with van der Waals surface area (Å²) in [6.07, 6.45) is 7.93. The molecular formula is C10H12FO+. The maximum Gasteiger partial charge on any atom is 0.343 e. The van der Waals surface area contributed by atoms with E-state index in [9.17, 15) is 4.39 Å². The van der Waals surface area contributed by atoms with Crippen molar-refractivity contribution in [1.82, 2.24) is 0 Å². The maximum absolute atomic E-state index is 12.5. The second-order valence-corrected chi connectivity index (χ2v) is 2.62. The lowest BCUT2D eigenvalue weighted by molar-refractivity contribution is -0.417. The van der Waals surface area contributed by atoms with E-state index in [-0.39, 0.29) is 0 Å². The first-order chi connectivity index (χ1) is 5.72. The van der Waals surface area contributed by atoms with E-state index in [1.807, 2.05) is 24.3 Å². The fourth-order valence-corrected chi connectivity index (χ4v) is 0.980. The summed E-state index contributed by atoms with van der Waals surface area (Å²) in [4.78, 5) is 0. The smallest absolute Gasteiger partial charge is 0.258 e. The average molecular weight is 167 g/mol. The highest BCUT2D eigenvalue weighted by atomic mass is 19.1. The zero-order valence-corrected chi connectivity index (χ0v) is 7.25. The number of allylic oxidation sites excluding steroid dienone is 6. The van der Waals surface area contributed by atoms with Crippen LogP contribution in [0.2, 0.25) is 0 Å². The van der Waals surface area contributed by atoms with Crippen molar-refractivity contribution in [2.75, 3.05) is 7.11 Å². The molecule has 0 saturated carbocycles. The summed E-state index contributed by atoms with van der Waals surface area (Å²) in [6, 6.07) is 0. The first kappa shape index (κ1) is 8.91. The monoisotopic (exact) mass is 167 g/mol. The van der Waals surface area contributed by atoms with Crippen LogP contribution in [0.25, 0.3) is 0 Å². The molecule has 0 fully saturated rings. The number of hydrogen-bond acceptors (Lipinski definition) is 0. The zero-order chi connectivity index (χ0) is 8.97. The summed E-state index contributed by atoms with van der Waals surface area (Å²) < 4.78 is 17.4. The molecule has 12 heavy (non-hydrogen) atoms. The van der Waals surface area contributed by atoms with Gasteiger partial charge in [0, 0.05) is 12.2 Å². The summed E-state index contributed by atoms with van der Waals surface area (Å²) in [6.45, 7) is 1.50. The molecule has 0 N–H and O–H groups in total. The van der Waals surface area contributed by atoms with Gasteiger partial charge in [0.05, 0.1) is 0 Å². The van der Waals surface area contributed by atoms with Gasteiger partial charge in [-0.3, -0.25) is 4.42 Å². The van der Waals surface area contributed by atoms with Crippen molar-refractivity contribution < 1.29 is 8.82 Å². The molecule has 0 spiro atoms. The Labute approximate surface area is 71.6 Å². The SMILES string of the molecule is C[O+]=C1C=CC(=C[C@@H](C)F)C=C1. The van der Waals surface area contributed by atoms with E-state index in [1.54, 1.807) is 13.2 Å². The highest BCUT2D eigenvalue weighted by Crippen LogP contribution is 2.08. The van der Waals surface area contributed by atoms with Crippen LogP contribution in [0, 0.1) is 0 Å². The molecule has 64 valence electrons. The highest BCUT2D eigenvalue weighted by molar-refractivity contribution is 6.01. The number of rotatable bonds is 1. The van der Waals surface area contributed by atoms with Gasteiger partial charge < -0.3 is 0 Å². The van der Waals surface area contributed by atoms with Crippen LogP contribution in [0.4, 0.5) is 4.39 Å². The second kappa shape index (κ2) is 4.00. The molecular weight excluding hydrogens is 155 g/mol. The number of ketones is 1. The molecule has 0 aromatic heterocycles. The minimum atomic E-state index is -0.904. The number of halogens is 1. The van der Waals surface area contributed by atoms with Crippen molar-refractivity contribution in [3.05, 3.63) is 36.0 Å². The topological polar surface area (TPSA) is 11.3 Å². The molecule has 1 aliphatic carbocycles. The number of carbonyl (C=O) groups excluding carboxylic acids is 1. The molecule has 0 unspecified atom stereocenters. The van der Waals surface area contributed by atoms with Crippen LogP contribution in [0.3, 0.4) is 0 Å². The minimum absolute atomic E-state index is 0.790. The Bertz CT molecular complexity index is 252. The molecule has 1 rings (SSSR count). The van der Waals surface area contributed by atoms with Gasteiger partial charge in [-0.1, -0.05) is 0 Å². The van der Waals surface area contributed by atoms with Gasteiger partial charge in [0.1, 0.15) is 6.17 Å². The van der Waals surface area contributed by atoms with Gasteiger partial charge >= 0.3 is 5.78 Å². The van der Waals surface area contributed by atoms with E-state index in [2.05, 4.69) is 0 Å². The molecule has 0 saturated heterocycles. The molecule has 1 nitrogen and oxygen atoms in total. The first-order valence-electron chi connectivity index (χ1n) is 3.85. The Morgan fingerprint density at radius 1 is 1.33 bits per heavy atom. The lowest BCUT2D eigenvalue weighted by Crippen LogP contribution is -1.97. The summed E-state index contributed by atoms with van der Waals surface area (Å²) in [5, 5.41) is 0. The van der Waals surface area contributed by atoms with Gasteiger partial charge in [0.25, 0.3) is 7.11 Å². The quantitative estimate of drug-likeness (QED) is 0.530. The number of hydrogen-bond donors (Lipinski definition) is 0. The summed E-state index contributed by atoms with van der Waals surface area (Å²) in [5.74, 6) is 0.790. The summed E-state index contributed by atoms with van der Waals surface area (Å²) >= 11 is 0. The van der Waals surface area contributed by atoms with E-state index in [4.69, 9.17) is 4.42 Å². The van der Waals surface area contributed by atoms with Crippen LogP contribution in [0.15, 0.2) is 36.0 Å². The largest absolute Gasteiger partial charge is 0.343 e. The standard InChI is InChI=1S/C10H12FO/c1-8(11)7-9-3-5-10(12-2)6-4-9/h3-8H,1-2H3/q+1/t8-/m1/s1. The molecule has 1 aliphatic rings. The Morgan fingerprint density at radius 3 is 2.33 bits per heavy atom. The molecule has 0 heterocycles. The van der Waals surface area contributed by atoms with Crippen molar-refractivity contribution >= 4 is 5.78 Å². The second-order valence-electron chi connectivity index (χ2n) is 2.62. The Morgan fingerprint density at radius 2 is 1.92 bits per heavy atom. The van der Waals surface area contributed by atoms with Crippen molar-refractivity contribution in [3.8, 4) is 0 Å². The van der Waals surface area contributed by atoms with E-state index in [0.29, 0.717) is 0 Å². The van der Waals surface area contributed by atoms with Gasteiger partial charge in [0.15, 0.2) is 0 Å². The van der Waals surface area contributed by atoms with Gasteiger partial charge in [-0.15, -0.1) is 0 Å². The number of alkyl halides is 1. The van der Waals surface area contributed by atoms with Crippen molar-refractivity contribution in [2.24, 2.45) is 0 Å². The fraction of sp³-hybridized carbons (Fsp3) is 0.300. The first-order valence-corrected chi connectivity index (χ1v) is 3.85. The van der Waals surface area contributed by atoms with Crippen LogP contribution in [0.1, 0.15) is 6.92 Å². The Balaban J connectivity index is 2.73. The maximum atomic E-state index is 12.5. The van der Waals surface area contributed by atoms with Gasteiger partial charge in [-0.2, -0.15) is 0 Å². The third-order valence-electron chi connectivity index (χ3n) is 1.54.